The third kappa shape index (κ3) is 3.45. The molecule has 0 aliphatic heterocycles. The summed E-state index contributed by atoms with van der Waals surface area (Å²) in [4.78, 5) is 10.6. The zero-order valence-electron chi connectivity index (χ0n) is 10.6. The van der Waals surface area contributed by atoms with Gasteiger partial charge in [-0.15, -0.1) is 0 Å². The molecule has 0 amide bonds. The molecule has 0 bridgehead atoms. The Kier molecular flexibility index (Phi) is 4.56. The molecule has 0 aromatic heterocycles. The number of rotatable bonds is 4. The molecule has 20 heavy (non-hydrogen) atoms. The van der Waals surface area contributed by atoms with Crippen LogP contribution in [0.15, 0.2) is 42.5 Å². The van der Waals surface area contributed by atoms with Gasteiger partial charge in [0.15, 0.2) is 0 Å². The van der Waals surface area contributed by atoms with Crippen molar-refractivity contribution in [1.29, 1.82) is 0 Å². The van der Waals surface area contributed by atoms with Crippen LogP contribution in [0.2, 0.25) is 0 Å². The van der Waals surface area contributed by atoms with Gasteiger partial charge in [-0.05, 0) is 65.4 Å². The Bertz CT molecular complexity index is 626. The number of nitro benzene ring substituents is 1. The van der Waals surface area contributed by atoms with E-state index >= 15 is 0 Å². The Morgan fingerprint density at radius 1 is 1.25 bits per heavy atom. The van der Waals surface area contributed by atoms with Crippen LogP contribution < -0.4 is 4.74 Å². The standard InChI is InChI=1S/C14H12INO4/c1-9(17)10-2-7-14(13(8-10)16(18)19)20-12-5-3-11(15)4-6-12/h2-9,17H,1H3/t9-/m0/s1. The van der Waals surface area contributed by atoms with Crippen LogP contribution in [0.5, 0.6) is 11.5 Å². The summed E-state index contributed by atoms with van der Waals surface area (Å²) >= 11 is 2.16. The van der Waals surface area contributed by atoms with Crippen LogP contribution in [0.25, 0.3) is 0 Å². The highest BCUT2D eigenvalue weighted by atomic mass is 127. The molecule has 1 N–H and O–H groups in total. The maximum Gasteiger partial charge on any atom is 0.311 e. The van der Waals surface area contributed by atoms with Crippen LogP contribution in [0.1, 0.15) is 18.6 Å². The summed E-state index contributed by atoms with van der Waals surface area (Å²) in [5.74, 6) is 0.680. The molecule has 2 aromatic carbocycles. The molecule has 0 spiro atoms. The van der Waals surface area contributed by atoms with E-state index in [-0.39, 0.29) is 11.4 Å². The minimum Gasteiger partial charge on any atom is -0.450 e. The molecular formula is C14H12INO4. The molecule has 0 saturated heterocycles. The summed E-state index contributed by atoms with van der Waals surface area (Å²) in [5.41, 5.74) is 0.314. The van der Waals surface area contributed by atoms with Crippen molar-refractivity contribution in [1.82, 2.24) is 0 Å². The van der Waals surface area contributed by atoms with Crippen LogP contribution in [-0.2, 0) is 0 Å². The lowest BCUT2D eigenvalue weighted by Gasteiger charge is -2.09. The van der Waals surface area contributed by atoms with E-state index in [0.717, 1.165) is 3.57 Å². The third-order valence-corrected chi connectivity index (χ3v) is 3.42. The first-order valence-electron chi connectivity index (χ1n) is 5.87. The van der Waals surface area contributed by atoms with Crippen LogP contribution in [-0.4, -0.2) is 10.0 Å². The van der Waals surface area contributed by atoms with Gasteiger partial charge in [0.1, 0.15) is 5.75 Å². The number of aliphatic hydroxyl groups is 1. The van der Waals surface area contributed by atoms with E-state index in [1.165, 1.54) is 12.1 Å². The second-order valence-corrected chi connectivity index (χ2v) is 5.46. The number of aliphatic hydroxyl groups excluding tert-OH is 1. The van der Waals surface area contributed by atoms with E-state index in [1.54, 1.807) is 25.1 Å². The van der Waals surface area contributed by atoms with E-state index in [2.05, 4.69) is 22.6 Å². The van der Waals surface area contributed by atoms with Crippen molar-refractivity contribution in [2.45, 2.75) is 13.0 Å². The number of ether oxygens (including phenoxy) is 1. The zero-order valence-corrected chi connectivity index (χ0v) is 12.8. The molecule has 0 heterocycles. The summed E-state index contributed by atoms with van der Waals surface area (Å²) in [5, 5.41) is 20.6. The fourth-order valence-corrected chi connectivity index (χ4v) is 2.01. The van der Waals surface area contributed by atoms with Gasteiger partial charge in [0.25, 0.3) is 0 Å². The largest absolute Gasteiger partial charge is 0.450 e. The van der Waals surface area contributed by atoms with Crippen molar-refractivity contribution >= 4 is 28.3 Å². The average molecular weight is 385 g/mol. The summed E-state index contributed by atoms with van der Waals surface area (Å²) in [6.07, 6.45) is -0.763. The van der Waals surface area contributed by atoms with Gasteiger partial charge in [-0.2, -0.15) is 0 Å². The van der Waals surface area contributed by atoms with Crippen molar-refractivity contribution in [3.05, 3.63) is 61.7 Å². The predicted octanol–water partition coefficient (Wildman–Crippen LogP) is 4.05. The van der Waals surface area contributed by atoms with Crippen molar-refractivity contribution in [3.63, 3.8) is 0 Å². The van der Waals surface area contributed by atoms with Gasteiger partial charge in [-0.3, -0.25) is 10.1 Å². The van der Waals surface area contributed by atoms with Crippen LogP contribution in [0.4, 0.5) is 5.69 Å². The van der Waals surface area contributed by atoms with Crippen LogP contribution in [0.3, 0.4) is 0 Å². The Morgan fingerprint density at radius 2 is 1.90 bits per heavy atom. The molecule has 0 fully saturated rings. The molecule has 0 aliphatic carbocycles. The first kappa shape index (κ1) is 14.7. The molecule has 0 aliphatic rings. The average Bonchev–Trinajstić information content (AvgIpc) is 2.41. The van der Waals surface area contributed by atoms with Crippen LogP contribution in [0, 0.1) is 13.7 Å². The first-order valence-corrected chi connectivity index (χ1v) is 6.95. The van der Waals surface area contributed by atoms with Gasteiger partial charge in [-0.1, -0.05) is 6.07 Å². The third-order valence-electron chi connectivity index (χ3n) is 2.70. The fourth-order valence-electron chi connectivity index (χ4n) is 1.65. The molecule has 0 saturated carbocycles. The smallest absolute Gasteiger partial charge is 0.311 e. The van der Waals surface area contributed by atoms with Gasteiger partial charge in [0.05, 0.1) is 11.0 Å². The second-order valence-electron chi connectivity index (χ2n) is 4.22. The summed E-state index contributed by atoms with van der Waals surface area (Å²) < 4.78 is 6.58. The molecular weight excluding hydrogens is 373 g/mol. The maximum atomic E-state index is 11.1. The molecule has 0 unspecified atom stereocenters. The number of benzene rings is 2. The molecule has 1 atom stereocenters. The Morgan fingerprint density at radius 3 is 2.45 bits per heavy atom. The van der Waals surface area contributed by atoms with Crippen molar-refractivity contribution in [2.75, 3.05) is 0 Å². The minimum absolute atomic E-state index is 0.153. The minimum atomic E-state index is -0.763. The SMILES string of the molecule is C[C@H](O)c1ccc(Oc2ccc(I)cc2)c([N+](=O)[O-])c1. The molecule has 2 rings (SSSR count). The lowest BCUT2D eigenvalue weighted by Crippen LogP contribution is -1.97. The Labute approximate surface area is 129 Å². The highest BCUT2D eigenvalue weighted by Crippen LogP contribution is 2.33. The second kappa shape index (κ2) is 6.19. The van der Waals surface area contributed by atoms with Gasteiger partial charge in [0, 0.05) is 9.64 Å². The van der Waals surface area contributed by atoms with Crippen molar-refractivity contribution < 1.29 is 14.8 Å². The summed E-state index contributed by atoms with van der Waals surface area (Å²) in [6, 6.07) is 11.6. The molecule has 2 aromatic rings. The van der Waals surface area contributed by atoms with Gasteiger partial charge in [0.2, 0.25) is 5.75 Å². The quantitative estimate of drug-likeness (QED) is 0.490. The van der Waals surface area contributed by atoms with E-state index in [4.69, 9.17) is 4.74 Å². The molecule has 6 heteroatoms. The molecule has 0 radical (unpaired) electrons. The van der Waals surface area contributed by atoms with Crippen molar-refractivity contribution in [2.24, 2.45) is 0 Å². The Hall–Kier alpha value is -1.67. The topological polar surface area (TPSA) is 72.6 Å². The van der Waals surface area contributed by atoms with Gasteiger partial charge >= 0.3 is 5.69 Å². The van der Waals surface area contributed by atoms with Gasteiger partial charge in [-0.25, -0.2) is 0 Å². The van der Waals surface area contributed by atoms with E-state index < -0.39 is 11.0 Å². The predicted molar refractivity (Wildman–Crippen MR) is 83.0 cm³/mol. The highest BCUT2D eigenvalue weighted by molar-refractivity contribution is 14.1. The normalized spacial score (nSPS) is 11.9. The monoisotopic (exact) mass is 385 g/mol. The number of nitrogens with zero attached hydrogens (tertiary/aromatic N) is 1. The summed E-state index contributed by atoms with van der Waals surface area (Å²) in [6.45, 7) is 1.55. The van der Waals surface area contributed by atoms with Gasteiger partial charge < -0.3 is 9.84 Å². The number of halogens is 1. The van der Waals surface area contributed by atoms with Crippen molar-refractivity contribution in [3.8, 4) is 11.5 Å². The fraction of sp³-hybridized carbons (Fsp3) is 0.143. The molecule has 104 valence electrons. The van der Waals surface area contributed by atoms with E-state index in [1.807, 2.05) is 12.1 Å². The zero-order chi connectivity index (χ0) is 14.7. The first-order chi connectivity index (χ1) is 9.47. The van der Waals surface area contributed by atoms with E-state index in [9.17, 15) is 15.2 Å². The number of nitro groups is 1. The van der Waals surface area contributed by atoms with E-state index in [0.29, 0.717) is 11.3 Å². The number of hydrogen-bond acceptors (Lipinski definition) is 4. The Balaban J connectivity index is 2.35. The number of hydrogen-bond donors (Lipinski definition) is 1. The lowest BCUT2D eigenvalue weighted by atomic mass is 10.1. The van der Waals surface area contributed by atoms with Crippen LogP contribution >= 0.6 is 22.6 Å². The molecule has 5 nitrogen and oxygen atoms in total. The summed E-state index contributed by atoms with van der Waals surface area (Å²) in [7, 11) is 0. The lowest BCUT2D eigenvalue weighted by molar-refractivity contribution is -0.385. The maximum absolute atomic E-state index is 11.1. The highest BCUT2D eigenvalue weighted by Gasteiger charge is 2.18.